The Morgan fingerprint density at radius 2 is 1.95 bits per heavy atom. The molecule has 1 atom stereocenters. The Balaban J connectivity index is 1.95. The summed E-state index contributed by atoms with van der Waals surface area (Å²) in [6.45, 7) is 0.907. The van der Waals surface area contributed by atoms with Crippen molar-refractivity contribution in [3.8, 4) is 0 Å². The third kappa shape index (κ3) is 3.13. The van der Waals surface area contributed by atoms with Gasteiger partial charge in [-0.2, -0.15) is 0 Å². The van der Waals surface area contributed by atoms with Crippen LogP contribution in [0, 0.1) is 5.92 Å². The minimum atomic E-state index is -0.491. The monoisotopic (exact) mass is 283 g/mol. The smallest absolute Gasteiger partial charge is 0.246 e. The lowest BCUT2D eigenvalue weighted by Crippen LogP contribution is -2.54. The Kier molecular flexibility index (Phi) is 4.33. The third-order valence-corrected chi connectivity index (χ3v) is 3.39. The normalized spacial score (nSPS) is 23.2. The molecule has 8 heteroatoms. The van der Waals surface area contributed by atoms with Crippen LogP contribution in [-0.4, -0.2) is 73.3 Å². The van der Waals surface area contributed by atoms with Gasteiger partial charge in [0, 0.05) is 26.6 Å². The molecule has 2 aliphatic rings. The van der Waals surface area contributed by atoms with Crippen LogP contribution in [0.4, 0.5) is 0 Å². The number of piperazine rings is 1. The molecule has 0 aromatic carbocycles. The Morgan fingerprint density at radius 1 is 1.30 bits per heavy atom. The van der Waals surface area contributed by atoms with Crippen molar-refractivity contribution >= 4 is 23.6 Å². The summed E-state index contributed by atoms with van der Waals surface area (Å²) in [7, 11) is 1.54. The summed E-state index contributed by atoms with van der Waals surface area (Å²) in [6.07, 6.45) is 0.120. The fourth-order valence-corrected chi connectivity index (χ4v) is 2.41. The van der Waals surface area contributed by atoms with E-state index in [0.29, 0.717) is 19.7 Å². The van der Waals surface area contributed by atoms with Crippen LogP contribution in [0.25, 0.3) is 0 Å². The molecule has 2 aliphatic heterocycles. The summed E-state index contributed by atoms with van der Waals surface area (Å²) in [4.78, 5) is 49.3. The van der Waals surface area contributed by atoms with Crippen LogP contribution in [0.2, 0.25) is 0 Å². The number of likely N-dealkylation sites (tertiary alicyclic amines) is 1. The molecule has 2 rings (SSSR count). The summed E-state index contributed by atoms with van der Waals surface area (Å²) in [5, 5.41) is 2.13. The Hall–Kier alpha value is -1.96. The first-order valence-corrected chi connectivity index (χ1v) is 6.39. The zero-order chi connectivity index (χ0) is 14.7. The topological polar surface area (TPSA) is 96.0 Å². The summed E-state index contributed by atoms with van der Waals surface area (Å²) in [5.41, 5.74) is 0. The SMILES string of the molecule is COCCN1CC(C(=O)N2CC(=O)NC(=O)C2)CC1=O. The van der Waals surface area contributed by atoms with Gasteiger partial charge in [-0.05, 0) is 0 Å². The standard InChI is InChI=1S/C12H17N3O5/c1-20-3-2-14-5-8(4-11(14)18)12(19)15-6-9(16)13-10(17)7-15/h8H,2-7H2,1H3,(H,13,16,17). The summed E-state index contributed by atoms with van der Waals surface area (Å²) >= 11 is 0. The van der Waals surface area contributed by atoms with E-state index in [-0.39, 0.29) is 31.3 Å². The average molecular weight is 283 g/mol. The molecular weight excluding hydrogens is 266 g/mol. The fourth-order valence-electron chi connectivity index (χ4n) is 2.41. The van der Waals surface area contributed by atoms with E-state index in [0.717, 1.165) is 0 Å². The number of nitrogens with one attached hydrogen (secondary N) is 1. The molecule has 20 heavy (non-hydrogen) atoms. The van der Waals surface area contributed by atoms with E-state index < -0.39 is 17.7 Å². The van der Waals surface area contributed by atoms with Gasteiger partial charge in [-0.25, -0.2) is 0 Å². The quantitative estimate of drug-likeness (QED) is 0.600. The predicted octanol–water partition coefficient (Wildman–Crippen LogP) is -2.03. The highest BCUT2D eigenvalue weighted by molar-refractivity contribution is 6.03. The highest BCUT2D eigenvalue weighted by Gasteiger charge is 2.38. The third-order valence-electron chi connectivity index (χ3n) is 3.39. The average Bonchev–Trinajstić information content (AvgIpc) is 2.75. The maximum Gasteiger partial charge on any atom is 0.246 e. The lowest BCUT2D eigenvalue weighted by atomic mass is 10.1. The molecule has 0 saturated carbocycles. The van der Waals surface area contributed by atoms with Crippen LogP contribution in [0.3, 0.4) is 0 Å². The Morgan fingerprint density at radius 3 is 2.55 bits per heavy atom. The molecule has 0 radical (unpaired) electrons. The second-order valence-electron chi connectivity index (χ2n) is 4.90. The first-order chi connectivity index (χ1) is 9.51. The predicted molar refractivity (Wildman–Crippen MR) is 66.3 cm³/mol. The molecule has 0 aliphatic carbocycles. The molecule has 0 aromatic rings. The highest BCUT2D eigenvalue weighted by Crippen LogP contribution is 2.20. The van der Waals surface area contributed by atoms with Gasteiger partial charge in [0.2, 0.25) is 23.6 Å². The van der Waals surface area contributed by atoms with Crippen LogP contribution in [-0.2, 0) is 23.9 Å². The molecule has 110 valence electrons. The van der Waals surface area contributed by atoms with Crippen LogP contribution in [0.1, 0.15) is 6.42 Å². The van der Waals surface area contributed by atoms with Crippen LogP contribution in [0.15, 0.2) is 0 Å². The van der Waals surface area contributed by atoms with E-state index in [2.05, 4.69) is 5.32 Å². The van der Waals surface area contributed by atoms with Crippen LogP contribution < -0.4 is 5.32 Å². The Bertz CT molecular complexity index is 434. The lowest BCUT2D eigenvalue weighted by Gasteiger charge is -2.27. The molecule has 0 bridgehead atoms. The number of imide groups is 1. The van der Waals surface area contributed by atoms with Gasteiger partial charge in [-0.15, -0.1) is 0 Å². The Labute approximate surface area is 116 Å². The zero-order valence-electron chi connectivity index (χ0n) is 11.3. The number of rotatable bonds is 4. The van der Waals surface area contributed by atoms with Crippen LogP contribution in [0.5, 0.6) is 0 Å². The minimum absolute atomic E-state index is 0.104. The number of nitrogens with zero attached hydrogens (tertiary/aromatic N) is 2. The van der Waals surface area contributed by atoms with E-state index in [1.54, 1.807) is 12.0 Å². The molecule has 8 nitrogen and oxygen atoms in total. The minimum Gasteiger partial charge on any atom is -0.383 e. The van der Waals surface area contributed by atoms with Gasteiger partial charge in [0.1, 0.15) is 13.1 Å². The summed E-state index contributed by atoms with van der Waals surface area (Å²) < 4.78 is 4.91. The van der Waals surface area contributed by atoms with Crippen molar-refractivity contribution in [1.82, 2.24) is 15.1 Å². The molecule has 1 unspecified atom stereocenters. The van der Waals surface area contributed by atoms with Gasteiger partial charge in [-0.1, -0.05) is 0 Å². The van der Waals surface area contributed by atoms with E-state index in [1.807, 2.05) is 0 Å². The van der Waals surface area contributed by atoms with Crippen molar-refractivity contribution in [3.63, 3.8) is 0 Å². The molecule has 0 aromatic heterocycles. The maximum atomic E-state index is 12.2. The second-order valence-corrected chi connectivity index (χ2v) is 4.90. The first-order valence-electron chi connectivity index (χ1n) is 6.39. The van der Waals surface area contributed by atoms with Gasteiger partial charge in [0.15, 0.2) is 0 Å². The number of carbonyl (C=O) groups is 4. The maximum absolute atomic E-state index is 12.2. The van der Waals surface area contributed by atoms with E-state index >= 15 is 0 Å². The number of hydrogen-bond acceptors (Lipinski definition) is 5. The number of ether oxygens (including phenoxy) is 1. The van der Waals surface area contributed by atoms with Gasteiger partial charge in [0.25, 0.3) is 0 Å². The second kappa shape index (κ2) is 6.00. The van der Waals surface area contributed by atoms with E-state index in [9.17, 15) is 19.2 Å². The molecule has 4 amide bonds. The van der Waals surface area contributed by atoms with Crippen molar-refractivity contribution in [2.24, 2.45) is 5.92 Å². The number of methoxy groups -OCH3 is 1. The largest absolute Gasteiger partial charge is 0.383 e. The van der Waals surface area contributed by atoms with Gasteiger partial charge < -0.3 is 14.5 Å². The lowest BCUT2D eigenvalue weighted by molar-refractivity contribution is -0.147. The summed E-state index contributed by atoms with van der Waals surface area (Å²) in [5.74, 6) is -1.89. The number of hydrogen-bond donors (Lipinski definition) is 1. The first kappa shape index (κ1) is 14.4. The highest BCUT2D eigenvalue weighted by atomic mass is 16.5. The molecule has 2 saturated heterocycles. The van der Waals surface area contributed by atoms with Crippen molar-refractivity contribution in [2.45, 2.75) is 6.42 Å². The summed E-state index contributed by atoms with van der Waals surface area (Å²) in [6, 6.07) is 0. The molecule has 1 N–H and O–H groups in total. The van der Waals surface area contributed by atoms with Crippen molar-refractivity contribution in [1.29, 1.82) is 0 Å². The molecule has 2 fully saturated rings. The molecular formula is C12H17N3O5. The van der Waals surface area contributed by atoms with Gasteiger partial charge in [-0.3, -0.25) is 24.5 Å². The van der Waals surface area contributed by atoms with Crippen LogP contribution >= 0.6 is 0 Å². The van der Waals surface area contributed by atoms with Crippen molar-refractivity contribution < 1.29 is 23.9 Å². The fraction of sp³-hybridized carbons (Fsp3) is 0.667. The number of carbonyl (C=O) groups excluding carboxylic acids is 4. The van der Waals surface area contributed by atoms with Gasteiger partial charge in [0.05, 0.1) is 12.5 Å². The molecule has 0 spiro atoms. The number of amides is 4. The van der Waals surface area contributed by atoms with E-state index in [4.69, 9.17) is 4.74 Å². The molecule has 2 heterocycles. The van der Waals surface area contributed by atoms with E-state index in [1.165, 1.54) is 4.90 Å². The van der Waals surface area contributed by atoms with Gasteiger partial charge >= 0.3 is 0 Å². The zero-order valence-corrected chi connectivity index (χ0v) is 11.3. The van der Waals surface area contributed by atoms with Crippen molar-refractivity contribution in [2.75, 3.05) is 39.9 Å². The van der Waals surface area contributed by atoms with Crippen molar-refractivity contribution in [3.05, 3.63) is 0 Å².